The molecular formula is C21H22N4O3. The SMILES string of the molecule is CC(=O)O[C@@H]1[C@@H](N=C(N)Nc2ccccc2)c2cc(C#N)ccc2OC1(C)C. The number of nitrogens with zero attached hydrogens (tertiary/aromatic N) is 2. The van der Waals surface area contributed by atoms with Gasteiger partial charge in [0.1, 0.15) is 17.4 Å². The van der Waals surface area contributed by atoms with Gasteiger partial charge >= 0.3 is 5.97 Å². The van der Waals surface area contributed by atoms with Crippen molar-refractivity contribution in [3.8, 4) is 11.8 Å². The number of carbonyl (C=O) groups is 1. The van der Waals surface area contributed by atoms with Crippen molar-refractivity contribution in [1.29, 1.82) is 5.26 Å². The van der Waals surface area contributed by atoms with Gasteiger partial charge in [0.25, 0.3) is 0 Å². The van der Waals surface area contributed by atoms with E-state index in [9.17, 15) is 10.1 Å². The molecule has 0 radical (unpaired) electrons. The fraction of sp³-hybridized carbons (Fsp3) is 0.286. The topological polar surface area (TPSA) is 110 Å². The molecule has 1 aliphatic heterocycles. The molecule has 0 fully saturated rings. The third-order valence-corrected chi connectivity index (χ3v) is 4.42. The van der Waals surface area contributed by atoms with Crippen LogP contribution in [0.5, 0.6) is 5.75 Å². The number of hydrogen-bond acceptors (Lipinski definition) is 5. The smallest absolute Gasteiger partial charge is 0.303 e. The van der Waals surface area contributed by atoms with E-state index < -0.39 is 23.7 Å². The Morgan fingerprint density at radius 2 is 2.00 bits per heavy atom. The number of para-hydroxylation sites is 1. The summed E-state index contributed by atoms with van der Waals surface area (Å²) in [5.74, 6) is 0.296. The molecule has 0 unspecified atom stereocenters. The van der Waals surface area contributed by atoms with Crippen LogP contribution >= 0.6 is 0 Å². The van der Waals surface area contributed by atoms with Crippen molar-refractivity contribution in [2.45, 2.75) is 38.5 Å². The quantitative estimate of drug-likeness (QED) is 0.482. The normalized spacial score (nSPS) is 20.3. The minimum absolute atomic E-state index is 0.166. The molecule has 3 N–H and O–H groups in total. The van der Waals surface area contributed by atoms with Crippen molar-refractivity contribution in [2.75, 3.05) is 5.32 Å². The predicted molar refractivity (Wildman–Crippen MR) is 106 cm³/mol. The van der Waals surface area contributed by atoms with Gasteiger partial charge in [-0.3, -0.25) is 4.79 Å². The van der Waals surface area contributed by atoms with Crippen LogP contribution < -0.4 is 15.8 Å². The summed E-state index contributed by atoms with van der Waals surface area (Å²) in [7, 11) is 0. The van der Waals surface area contributed by atoms with E-state index in [1.807, 2.05) is 44.2 Å². The summed E-state index contributed by atoms with van der Waals surface area (Å²) in [5.41, 5.74) is 7.18. The summed E-state index contributed by atoms with van der Waals surface area (Å²) in [5, 5.41) is 12.3. The van der Waals surface area contributed by atoms with Gasteiger partial charge in [-0.1, -0.05) is 18.2 Å². The van der Waals surface area contributed by atoms with Crippen LogP contribution in [0, 0.1) is 11.3 Å². The lowest BCUT2D eigenvalue weighted by Gasteiger charge is -2.42. The summed E-state index contributed by atoms with van der Waals surface area (Å²) in [6.07, 6.45) is -0.720. The third-order valence-electron chi connectivity index (χ3n) is 4.42. The number of rotatable bonds is 3. The van der Waals surface area contributed by atoms with Crippen LogP contribution in [0.15, 0.2) is 53.5 Å². The first-order valence-corrected chi connectivity index (χ1v) is 8.86. The van der Waals surface area contributed by atoms with Crippen molar-refractivity contribution in [1.82, 2.24) is 0 Å². The maximum Gasteiger partial charge on any atom is 0.303 e. The molecule has 28 heavy (non-hydrogen) atoms. The van der Waals surface area contributed by atoms with Crippen molar-refractivity contribution < 1.29 is 14.3 Å². The number of ether oxygens (including phenoxy) is 2. The Balaban J connectivity index is 2.05. The molecule has 2 atom stereocenters. The molecule has 7 nitrogen and oxygen atoms in total. The first kappa shape index (κ1) is 19.2. The van der Waals surface area contributed by atoms with Crippen LogP contribution in [0.2, 0.25) is 0 Å². The molecule has 0 aliphatic carbocycles. The van der Waals surface area contributed by atoms with Gasteiger partial charge in [0.05, 0.1) is 11.6 Å². The molecule has 0 spiro atoms. The molecule has 0 amide bonds. The van der Waals surface area contributed by atoms with Crippen LogP contribution in [-0.2, 0) is 9.53 Å². The van der Waals surface area contributed by atoms with Gasteiger partial charge < -0.3 is 20.5 Å². The molecule has 0 bridgehead atoms. The summed E-state index contributed by atoms with van der Waals surface area (Å²) < 4.78 is 11.6. The van der Waals surface area contributed by atoms with Gasteiger partial charge in [-0.05, 0) is 44.2 Å². The Bertz CT molecular complexity index is 948. The highest BCUT2D eigenvalue weighted by atomic mass is 16.6. The van der Waals surface area contributed by atoms with Crippen molar-refractivity contribution in [2.24, 2.45) is 10.7 Å². The maximum atomic E-state index is 11.7. The Morgan fingerprint density at radius 1 is 1.29 bits per heavy atom. The largest absolute Gasteiger partial charge is 0.484 e. The van der Waals surface area contributed by atoms with E-state index in [2.05, 4.69) is 16.4 Å². The van der Waals surface area contributed by atoms with E-state index in [0.29, 0.717) is 16.9 Å². The number of fused-ring (bicyclic) bond motifs is 1. The molecule has 3 rings (SSSR count). The number of hydrogen-bond donors (Lipinski definition) is 2. The molecule has 0 saturated carbocycles. The van der Waals surface area contributed by atoms with E-state index >= 15 is 0 Å². The van der Waals surface area contributed by atoms with Gasteiger partial charge in [0, 0.05) is 18.2 Å². The molecule has 1 aliphatic rings. The van der Waals surface area contributed by atoms with Crippen LogP contribution in [0.3, 0.4) is 0 Å². The number of benzene rings is 2. The zero-order valence-electron chi connectivity index (χ0n) is 16.0. The number of guanidine groups is 1. The van der Waals surface area contributed by atoms with Gasteiger partial charge in [0.2, 0.25) is 0 Å². The molecule has 2 aromatic rings. The number of anilines is 1. The molecular weight excluding hydrogens is 356 g/mol. The van der Waals surface area contributed by atoms with E-state index in [0.717, 1.165) is 5.69 Å². The second kappa shape index (κ2) is 7.61. The molecule has 1 heterocycles. The van der Waals surface area contributed by atoms with Crippen molar-refractivity contribution in [3.63, 3.8) is 0 Å². The number of carbonyl (C=O) groups excluding carboxylic acids is 1. The summed E-state index contributed by atoms with van der Waals surface area (Å²) in [6, 6.07) is 15.9. The zero-order valence-corrected chi connectivity index (χ0v) is 16.0. The van der Waals surface area contributed by atoms with Gasteiger partial charge in [-0.15, -0.1) is 0 Å². The maximum absolute atomic E-state index is 11.7. The second-order valence-corrected chi connectivity index (χ2v) is 7.05. The Morgan fingerprint density at radius 3 is 2.64 bits per heavy atom. The van der Waals surface area contributed by atoms with E-state index in [4.69, 9.17) is 15.2 Å². The fourth-order valence-electron chi connectivity index (χ4n) is 3.20. The van der Waals surface area contributed by atoms with Crippen LogP contribution in [-0.4, -0.2) is 23.6 Å². The molecule has 0 saturated heterocycles. The van der Waals surface area contributed by atoms with E-state index in [1.54, 1.807) is 18.2 Å². The second-order valence-electron chi connectivity index (χ2n) is 7.05. The zero-order chi connectivity index (χ0) is 20.3. The average Bonchev–Trinajstić information content (AvgIpc) is 2.64. The van der Waals surface area contributed by atoms with E-state index in [1.165, 1.54) is 6.92 Å². The molecule has 7 heteroatoms. The highest BCUT2D eigenvalue weighted by Gasteiger charge is 2.46. The lowest BCUT2D eigenvalue weighted by Crippen LogP contribution is -2.51. The highest BCUT2D eigenvalue weighted by molar-refractivity contribution is 5.92. The molecule has 2 aromatic carbocycles. The minimum Gasteiger partial charge on any atom is -0.484 e. The number of nitrogens with one attached hydrogen (secondary N) is 1. The number of aliphatic imine (C=N–C) groups is 1. The first-order chi connectivity index (χ1) is 13.3. The summed E-state index contributed by atoms with van der Waals surface area (Å²) in [4.78, 5) is 16.3. The summed E-state index contributed by atoms with van der Waals surface area (Å²) >= 11 is 0. The monoisotopic (exact) mass is 378 g/mol. The fourth-order valence-corrected chi connectivity index (χ4v) is 3.20. The summed E-state index contributed by atoms with van der Waals surface area (Å²) in [6.45, 7) is 4.99. The first-order valence-electron chi connectivity index (χ1n) is 8.86. The van der Waals surface area contributed by atoms with Crippen molar-refractivity contribution >= 4 is 17.6 Å². The number of nitriles is 1. The Hall–Kier alpha value is -3.53. The number of esters is 1. The molecule has 144 valence electrons. The average molecular weight is 378 g/mol. The van der Waals surface area contributed by atoms with Crippen LogP contribution in [0.4, 0.5) is 5.69 Å². The predicted octanol–water partition coefficient (Wildman–Crippen LogP) is 3.13. The van der Waals surface area contributed by atoms with Gasteiger partial charge in [-0.25, -0.2) is 4.99 Å². The lowest BCUT2D eigenvalue weighted by atomic mass is 9.86. The molecule has 0 aromatic heterocycles. The van der Waals surface area contributed by atoms with Crippen LogP contribution in [0.25, 0.3) is 0 Å². The van der Waals surface area contributed by atoms with Gasteiger partial charge in [0.15, 0.2) is 12.1 Å². The van der Waals surface area contributed by atoms with E-state index in [-0.39, 0.29) is 5.96 Å². The minimum atomic E-state index is -0.839. The highest BCUT2D eigenvalue weighted by Crippen LogP contribution is 2.43. The third kappa shape index (κ3) is 4.07. The standard InChI is InChI=1S/C21H22N4O3/c1-13(26)27-19-18(25-20(23)24-15-7-5-4-6-8-15)16-11-14(12-22)9-10-17(16)28-21(19,2)3/h4-11,18-19H,1-3H3,(H3,23,24,25)/t18-,19+/m0/s1. The lowest BCUT2D eigenvalue weighted by molar-refractivity contribution is -0.161. The van der Waals surface area contributed by atoms with Gasteiger partial charge in [-0.2, -0.15) is 5.26 Å². The van der Waals surface area contributed by atoms with Crippen molar-refractivity contribution in [3.05, 3.63) is 59.7 Å². The Labute approximate surface area is 163 Å². The Kier molecular flexibility index (Phi) is 5.23. The van der Waals surface area contributed by atoms with Crippen LogP contribution in [0.1, 0.15) is 37.9 Å². The number of nitrogens with two attached hydrogens (primary N) is 1.